The predicted octanol–water partition coefficient (Wildman–Crippen LogP) is 3.58. The molecule has 0 radical (unpaired) electrons. The first-order valence-corrected chi connectivity index (χ1v) is 10.4. The molecule has 1 heterocycles. The summed E-state index contributed by atoms with van der Waals surface area (Å²) in [4.78, 5) is 17.2. The lowest BCUT2D eigenvalue weighted by molar-refractivity contribution is -0.133. The van der Waals surface area contributed by atoms with Gasteiger partial charge in [0.2, 0.25) is 5.91 Å². The van der Waals surface area contributed by atoms with Gasteiger partial charge < -0.3 is 14.4 Å². The van der Waals surface area contributed by atoms with Crippen LogP contribution in [0.4, 0.5) is 0 Å². The third-order valence-corrected chi connectivity index (χ3v) is 5.78. The Kier molecular flexibility index (Phi) is 7.53. The summed E-state index contributed by atoms with van der Waals surface area (Å²) in [5.41, 5.74) is 2.41. The fourth-order valence-corrected chi connectivity index (χ4v) is 3.85. The van der Waals surface area contributed by atoms with Gasteiger partial charge in [0.1, 0.15) is 11.5 Å². The highest BCUT2D eigenvalue weighted by molar-refractivity contribution is 5.77. The van der Waals surface area contributed by atoms with Crippen molar-refractivity contribution in [1.82, 2.24) is 9.80 Å². The lowest BCUT2D eigenvalue weighted by Crippen LogP contribution is -2.49. The van der Waals surface area contributed by atoms with Crippen LogP contribution in [-0.2, 0) is 11.2 Å². The minimum Gasteiger partial charge on any atom is -0.497 e. The summed E-state index contributed by atoms with van der Waals surface area (Å²) >= 11 is 0. The maximum absolute atomic E-state index is 12.7. The summed E-state index contributed by atoms with van der Waals surface area (Å²) in [7, 11) is 3.38. The molecule has 0 aromatic heterocycles. The number of ether oxygens (including phenoxy) is 2. The molecule has 0 N–H and O–H groups in total. The SMILES string of the molecule is COc1ccc(C(C)CC(=O)N2CCN(CCc3ccccc3OC)CC2)cc1. The van der Waals surface area contributed by atoms with Crippen molar-refractivity contribution in [2.75, 3.05) is 46.9 Å². The maximum Gasteiger partial charge on any atom is 0.223 e. The van der Waals surface area contributed by atoms with E-state index in [-0.39, 0.29) is 11.8 Å². The van der Waals surface area contributed by atoms with Crippen LogP contribution >= 0.6 is 0 Å². The van der Waals surface area contributed by atoms with Crippen molar-refractivity contribution < 1.29 is 14.3 Å². The van der Waals surface area contributed by atoms with Crippen molar-refractivity contribution in [3.05, 3.63) is 59.7 Å². The van der Waals surface area contributed by atoms with Crippen LogP contribution < -0.4 is 9.47 Å². The van der Waals surface area contributed by atoms with Gasteiger partial charge in [0.25, 0.3) is 0 Å². The van der Waals surface area contributed by atoms with Gasteiger partial charge in [0.05, 0.1) is 14.2 Å². The van der Waals surface area contributed by atoms with Crippen molar-refractivity contribution in [2.45, 2.75) is 25.7 Å². The van der Waals surface area contributed by atoms with E-state index in [2.05, 4.69) is 24.0 Å². The average molecular weight is 397 g/mol. The molecular weight excluding hydrogens is 364 g/mol. The smallest absolute Gasteiger partial charge is 0.223 e. The topological polar surface area (TPSA) is 42.0 Å². The first kappa shape index (κ1) is 21.2. The lowest BCUT2D eigenvalue weighted by atomic mass is 9.97. The lowest BCUT2D eigenvalue weighted by Gasteiger charge is -2.35. The van der Waals surface area contributed by atoms with E-state index in [1.54, 1.807) is 14.2 Å². The highest BCUT2D eigenvalue weighted by Crippen LogP contribution is 2.23. The van der Waals surface area contributed by atoms with Gasteiger partial charge in [-0.25, -0.2) is 0 Å². The standard InChI is InChI=1S/C24H32N2O3/c1-19(20-8-10-22(28-2)11-9-20)18-24(27)26-16-14-25(15-17-26)13-12-21-6-4-5-7-23(21)29-3/h4-11,19H,12-18H2,1-3H3. The summed E-state index contributed by atoms with van der Waals surface area (Å²) in [6.45, 7) is 6.57. The second-order valence-corrected chi connectivity index (χ2v) is 7.66. The molecule has 1 unspecified atom stereocenters. The van der Waals surface area contributed by atoms with Gasteiger partial charge >= 0.3 is 0 Å². The van der Waals surface area contributed by atoms with Crippen LogP contribution in [0.3, 0.4) is 0 Å². The van der Waals surface area contributed by atoms with Crippen molar-refractivity contribution in [3.63, 3.8) is 0 Å². The van der Waals surface area contributed by atoms with Crippen LogP contribution in [-0.4, -0.2) is 62.7 Å². The molecule has 0 aliphatic carbocycles. The highest BCUT2D eigenvalue weighted by atomic mass is 16.5. The Morgan fingerprint density at radius 1 is 0.966 bits per heavy atom. The molecule has 1 aliphatic heterocycles. The van der Waals surface area contributed by atoms with Gasteiger partial charge in [-0.15, -0.1) is 0 Å². The number of rotatable bonds is 8. The quantitative estimate of drug-likeness (QED) is 0.684. The summed E-state index contributed by atoms with van der Waals surface area (Å²) in [5, 5.41) is 0. The Hall–Kier alpha value is -2.53. The van der Waals surface area contributed by atoms with E-state index in [1.165, 1.54) is 11.1 Å². The van der Waals surface area contributed by atoms with E-state index >= 15 is 0 Å². The molecule has 5 nitrogen and oxygen atoms in total. The monoisotopic (exact) mass is 396 g/mol. The van der Waals surface area contributed by atoms with Gasteiger partial charge in [0.15, 0.2) is 0 Å². The molecule has 1 aliphatic rings. The fourth-order valence-electron chi connectivity index (χ4n) is 3.85. The van der Waals surface area contributed by atoms with Crippen LogP contribution in [0.25, 0.3) is 0 Å². The second-order valence-electron chi connectivity index (χ2n) is 7.66. The Morgan fingerprint density at radius 3 is 2.31 bits per heavy atom. The van der Waals surface area contributed by atoms with Crippen LogP contribution in [0.2, 0.25) is 0 Å². The minimum atomic E-state index is 0.206. The Bertz CT molecular complexity index is 783. The van der Waals surface area contributed by atoms with Crippen LogP contribution in [0.15, 0.2) is 48.5 Å². The minimum absolute atomic E-state index is 0.206. The first-order valence-electron chi connectivity index (χ1n) is 10.4. The molecule has 29 heavy (non-hydrogen) atoms. The number of carbonyl (C=O) groups is 1. The van der Waals surface area contributed by atoms with Gasteiger partial charge in [-0.05, 0) is 41.7 Å². The number of benzene rings is 2. The number of carbonyl (C=O) groups excluding carboxylic acids is 1. The molecular formula is C24H32N2O3. The summed E-state index contributed by atoms with van der Waals surface area (Å²) in [5.74, 6) is 2.25. The number of piperazine rings is 1. The zero-order chi connectivity index (χ0) is 20.6. The first-order chi connectivity index (χ1) is 14.1. The largest absolute Gasteiger partial charge is 0.497 e. The van der Waals surface area contributed by atoms with E-state index in [9.17, 15) is 4.79 Å². The fraction of sp³-hybridized carbons (Fsp3) is 0.458. The van der Waals surface area contributed by atoms with Crippen molar-refractivity contribution >= 4 is 5.91 Å². The van der Waals surface area contributed by atoms with Gasteiger partial charge in [-0.1, -0.05) is 37.3 Å². The molecule has 0 saturated carbocycles. The van der Waals surface area contributed by atoms with Crippen molar-refractivity contribution in [3.8, 4) is 11.5 Å². The molecule has 2 aromatic rings. The predicted molar refractivity (Wildman–Crippen MR) is 116 cm³/mol. The molecule has 5 heteroatoms. The summed E-state index contributed by atoms with van der Waals surface area (Å²) in [6.07, 6.45) is 1.51. The molecule has 0 bridgehead atoms. The number of amides is 1. The maximum atomic E-state index is 12.7. The highest BCUT2D eigenvalue weighted by Gasteiger charge is 2.23. The van der Waals surface area contributed by atoms with Crippen LogP contribution in [0, 0.1) is 0 Å². The molecule has 156 valence electrons. The second kappa shape index (κ2) is 10.3. The molecule has 0 spiro atoms. The van der Waals surface area contributed by atoms with E-state index in [0.717, 1.165) is 50.6 Å². The van der Waals surface area contributed by atoms with Crippen LogP contribution in [0.5, 0.6) is 11.5 Å². The Labute approximate surface area is 174 Å². The third-order valence-electron chi connectivity index (χ3n) is 5.78. The number of para-hydroxylation sites is 1. The molecule has 3 rings (SSSR count). The van der Waals surface area contributed by atoms with E-state index in [1.807, 2.05) is 41.3 Å². The summed E-state index contributed by atoms with van der Waals surface area (Å²) < 4.78 is 10.7. The third kappa shape index (κ3) is 5.73. The Balaban J connectivity index is 1.44. The van der Waals surface area contributed by atoms with Crippen molar-refractivity contribution in [1.29, 1.82) is 0 Å². The number of nitrogens with zero attached hydrogens (tertiary/aromatic N) is 2. The number of hydrogen-bond acceptors (Lipinski definition) is 4. The molecule has 1 amide bonds. The van der Waals surface area contributed by atoms with Gasteiger partial charge in [0, 0.05) is 39.1 Å². The Morgan fingerprint density at radius 2 is 1.66 bits per heavy atom. The zero-order valence-corrected chi connectivity index (χ0v) is 17.8. The van der Waals surface area contributed by atoms with Crippen LogP contribution in [0.1, 0.15) is 30.4 Å². The zero-order valence-electron chi connectivity index (χ0n) is 17.8. The van der Waals surface area contributed by atoms with E-state index in [0.29, 0.717) is 6.42 Å². The van der Waals surface area contributed by atoms with E-state index in [4.69, 9.17) is 9.47 Å². The van der Waals surface area contributed by atoms with E-state index < -0.39 is 0 Å². The van der Waals surface area contributed by atoms with Crippen molar-refractivity contribution in [2.24, 2.45) is 0 Å². The number of hydrogen-bond donors (Lipinski definition) is 0. The molecule has 1 fully saturated rings. The molecule has 1 atom stereocenters. The van der Waals surface area contributed by atoms with Gasteiger partial charge in [-0.3, -0.25) is 9.69 Å². The normalized spacial score (nSPS) is 15.8. The molecule has 2 aromatic carbocycles. The average Bonchev–Trinajstić information content (AvgIpc) is 2.78. The summed E-state index contributed by atoms with van der Waals surface area (Å²) in [6, 6.07) is 16.2. The molecule has 1 saturated heterocycles. The van der Waals surface area contributed by atoms with Gasteiger partial charge in [-0.2, -0.15) is 0 Å². The number of methoxy groups -OCH3 is 2.